The van der Waals surface area contributed by atoms with Crippen molar-refractivity contribution in [1.29, 1.82) is 0 Å². The molecule has 0 saturated carbocycles. The van der Waals surface area contributed by atoms with Gasteiger partial charge in [0.1, 0.15) is 5.00 Å². The first-order valence-corrected chi connectivity index (χ1v) is 20.4. The molecule has 4 heterocycles. The van der Waals surface area contributed by atoms with E-state index in [2.05, 4.69) is 168 Å². The van der Waals surface area contributed by atoms with Crippen molar-refractivity contribution in [2.24, 2.45) is 4.99 Å². The molecule has 3 heteroatoms. The molecule has 0 saturated heterocycles. The van der Waals surface area contributed by atoms with E-state index in [-0.39, 0.29) is 5.92 Å². The molecule has 0 N–H and O–H groups in total. The minimum atomic E-state index is 0.197. The van der Waals surface area contributed by atoms with E-state index in [9.17, 15) is 0 Å². The van der Waals surface area contributed by atoms with Crippen LogP contribution in [0.15, 0.2) is 169 Å². The number of benzene rings is 7. The molecule has 7 aromatic carbocycles. The number of allylic oxidation sites excluding steroid dienone is 2. The lowest BCUT2D eigenvalue weighted by molar-refractivity contribution is 0.760. The van der Waals surface area contributed by atoms with Crippen LogP contribution in [0.1, 0.15) is 47.4 Å². The van der Waals surface area contributed by atoms with Gasteiger partial charge in [0.25, 0.3) is 0 Å². The molecule has 1 aliphatic carbocycles. The standard InChI is InChI=1S/C52H36N2S/c1-3-14-32(15-4-1)35-27-29-38-43-31-42-37(39-22-13-23-44(34-17-5-2-6-18-34)53-52-49(39)41-21-10-12-25-47(41)55-52)28-26-33-16-7-8-19-36(33)48(42)50-40-20-9-11-24-45(40)54(51(43)50)46(38)30-35/h1-12,14-22,24-25,27,29-31,37H,13,23,26,28H2. The Morgan fingerprint density at radius 3 is 2.18 bits per heavy atom. The molecule has 1 aliphatic heterocycles. The summed E-state index contributed by atoms with van der Waals surface area (Å²) in [4.78, 5) is 5.55. The SMILES string of the molecule is C1=C(C2CCc3ccccc3-c3c2cc2c4ccc(-c5ccccc5)cc4n4c5ccccc5c3c24)c2c(sc3ccccc23)N=C(c2ccccc2)CC1. The van der Waals surface area contributed by atoms with Gasteiger partial charge in [0.05, 0.1) is 16.6 Å². The molecule has 260 valence electrons. The molecule has 0 radical (unpaired) electrons. The number of fused-ring (bicyclic) bond motifs is 13. The molecule has 0 spiro atoms. The van der Waals surface area contributed by atoms with Crippen LogP contribution < -0.4 is 0 Å². The maximum Gasteiger partial charge on any atom is 0.125 e. The Morgan fingerprint density at radius 1 is 0.564 bits per heavy atom. The predicted octanol–water partition coefficient (Wildman–Crippen LogP) is 14.4. The van der Waals surface area contributed by atoms with Crippen molar-refractivity contribution in [3.63, 3.8) is 0 Å². The van der Waals surface area contributed by atoms with E-state index in [1.807, 2.05) is 11.3 Å². The Hall–Kier alpha value is -6.29. The topological polar surface area (TPSA) is 16.8 Å². The summed E-state index contributed by atoms with van der Waals surface area (Å²) in [5.74, 6) is 0.197. The van der Waals surface area contributed by atoms with Crippen LogP contribution in [-0.2, 0) is 6.42 Å². The van der Waals surface area contributed by atoms with E-state index in [0.717, 1.165) is 30.7 Å². The summed E-state index contributed by atoms with van der Waals surface area (Å²) in [7, 11) is 0. The third kappa shape index (κ3) is 4.63. The van der Waals surface area contributed by atoms with Crippen molar-refractivity contribution in [2.75, 3.05) is 0 Å². The van der Waals surface area contributed by atoms with Gasteiger partial charge in [-0.2, -0.15) is 0 Å². The van der Waals surface area contributed by atoms with Crippen LogP contribution in [0.3, 0.4) is 0 Å². The lowest BCUT2D eigenvalue weighted by Crippen LogP contribution is -2.07. The predicted molar refractivity (Wildman–Crippen MR) is 235 cm³/mol. The first-order valence-electron chi connectivity index (χ1n) is 19.5. The second-order valence-electron chi connectivity index (χ2n) is 15.2. The number of aliphatic imine (C=N–C) groups is 1. The third-order valence-corrected chi connectivity index (χ3v) is 13.4. The number of hydrogen-bond acceptors (Lipinski definition) is 2. The largest absolute Gasteiger partial charge is 0.308 e. The molecule has 2 aliphatic rings. The monoisotopic (exact) mass is 720 g/mol. The molecule has 3 aromatic heterocycles. The van der Waals surface area contributed by atoms with Crippen LogP contribution in [0, 0.1) is 0 Å². The molecule has 2 nitrogen and oxygen atoms in total. The number of nitrogens with zero attached hydrogens (tertiary/aromatic N) is 2. The van der Waals surface area contributed by atoms with Crippen molar-refractivity contribution in [2.45, 2.75) is 31.6 Å². The minimum absolute atomic E-state index is 0.197. The fourth-order valence-electron chi connectivity index (χ4n) is 9.92. The smallest absolute Gasteiger partial charge is 0.125 e. The van der Waals surface area contributed by atoms with Gasteiger partial charge in [0.15, 0.2) is 0 Å². The molecule has 10 aromatic rings. The highest BCUT2D eigenvalue weighted by molar-refractivity contribution is 7.23. The summed E-state index contributed by atoms with van der Waals surface area (Å²) in [6, 6.07) is 58.6. The second kappa shape index (κ2) is 12.1. The van der Waals surface area contributed by atoms with Gasteiger partial charge >= 0.3 is 0 Å². The molecular weight excluding hydrogens is 685 g/mol. The van der Waals surface area contributed by atoms with E-state index in [1.165, 1.54) is 104 Å². The van der Waals surface area contributed by atoms with Gasteiger partial charge in [-0.05, 0) is 94.5 Å². The zero-order valence-corrected chi connectivity index (χ0v) is 31.1. The average Bonchev–Trinajstić information content (AvgIpc) is 3.84. The Kier molecular flexibility index (Phi) is 6.85. The average molecular weight is 721 g/mol. The molecule has 0 bridgehead atoms. The number of thiophene rings is 1. The van der Waals surface area contributed by atoms with Crippen LogP contribution in [-0.4, -0.2) is 10.1 Å². The van der Waals surface area contributed by atoms with E-state index in [1.54, 1.807) is 0 Å². The lowest BCUT2D eigenvalue weighted by Gasteiger charge is -2.25. The van der Waals surface area contributed by atoms with Gasteiger partial charge in [0.2, 0.25) is 0 Å². The number of para-hydroxylation sites is 1. The summed E-state index contributed by atoms with van der Waals surface area (Å²) < 4.78 is 3.86. The Morgan fingerprint density at radius 2 is 1.31 bits per heavy atom. The maximum absolute atomic E-state index is 5.55. The maximum atomic E-state index is 5.55. The number of rotatable bonds is 3. The number of aromatic nitrogens is 1. The molecule has 0 fully saturated rings. The van der Waals surface area contributed by atoms with E-state index >= 15 is 0 Å². The van der Waals surface area contributed by atoms with Crippen molar-refractivity contribution in [1.82, 2.24) is 4.40 Å². The van der Waals surface area contributed by atoms with Gasteiger partial charge in [-0.15, -0.1) is 11.3 Å². The van der Waals surface area contributed by atoms with Crippen molar-refractivity contribution >= 4 is 75.8 Å². The minimum Gasteiger partial charge on any atom is -0.308 e. The van der Waals surface area contributed by atoms with Crippen LogP contribution >= 0.6 is 11.3 Å². The van der Waals surface area contributed by atoms with E-state index in [4.69, 9.17) is 4.99 Å². The van der Waals surface area contributed by atoms with E-state index < -0.39 is 0 Å². The molecular formula is C52H36N2S. The van der Waals surface area contributed by atoms with Crippen LogP contribution in [0.5, 0.6) is 0 Å². The summed E-state index contributed by atoms with van der Waals surface area (Å²) >= 11 is 1.84. The molecule has 12 rings (SSSR count). The van der Waals surface area contributed by atoms with Crippen LogP contribution in [0.25, 0.3) is 76.0 Å². The molecule has 1 unspecified atom stereocenters. The van der Waals surface area contributed by atoms with Crippen LogP contribution in [0.2, 0.25) is 0 Å². The fraction of sp³-hybridized carbons (Fsp3) is 0.0962. The number of hydrogen-bond donors (Lipinski definition) is 0. The summed E-state index contributed by atoms with van der Waals surface area (Å²) in [6.07, 6.45) is 6.52. The van der Waals surface area contributed by atoms with Crippen molar-refractivity contribution in [3.05, 3.63) is 186 Å². The summed E-state index contributed by atoms with van der Waals surface area (Å²) in [5, 5.41) is 7.81. The van der Waals surface area contributed by atoms with Gasteiger partial charge in [-0.25, -0.2) is 4.99 Å². The highest BCUT2D eigenvalue weighted by Crippen LogP contribution is 2.55. The lowest BCUT2D eigenvalue weighted by atomic mass is 9.79. The molecule has 0 amide bonds. The highest BCUT2D eigenvalue weighted by Gasteiger charge is 2.33. The number of aryl methyl sites for hydroxylation is 1. The Balaban J connectivity index is 1.17. The Bertz CT molecular complexity index is 3200. The first-order chi connectivity index (χ1) is 27.3. The quantitative estimate of drug-likeness (QED) is 0.173. The fourth-order valence-corrected chi connectivity index (χ4v) is 11.0. The van der Waals surface area contributed by atoms with Gasteiger partial charge in [-0.3, -0.25) is 0 Å². The summed E-state index contributed by atoms with van der Waals surface area (Å²) in [6.45, 7) is 0. The molecule has 1 atom stereocenters. The van der Waals surface area contributed by atoms with E-state index in [0.29, 0.717) is 0 Å². The van der Waals surface area contributed by atoms with Crippen molar-refractivity contribution in [3.8, 4) is 22.3 Å². The third-order valence-electron chi connectivity index (χ3n) is 12.3. The highest BCUT2D eigenvalue weighted by atomic mass is 32.1. The first kappa shape index (κ1) is 31.1. The van der Waals surface area contributed by atoms with Gasteiger partial charge in [-0.1, -0.05) is 140 Å². The van der Waals surface area contributed by atoms with Gasteiger partial charge < -0.3 is 4.40 Å². The van der Waals surface area contributed by atoms with Crippen molar-refractivity contribution < 1.29 is 0 Å². The zero-order chi connectivity index (χ0) is 36.0. The van der Waals surface area contributed by atoms with Gasteiger partial charge in [0, 0.05) is 48.8 Å². The normalized spacial score (nSPS) is 15.7. The second-order valence-corrected chi connectivity index (χ2v) is 16.2. The zero-order valence-electron chi connectivity index (χ0n) is 30.3. The molecule has 55 heavy (non-hydrogen) atoms. The Labute approximate surface area is 323 Å². The van der Waals surface area contributed by atoms with Crippen LogP contribution in [0.4, 0.5) is 5.00 Å². The summed E-state index contributed by atoms with van der Waals surface area (Å²) in [5.41, 5.74) is 17.2.